The molecule has 2 aliphatic heterocycles. The fourth-order valence-electron chi connectivity index (χ4n) is 6.57. The largest absolute Gasteiger partial charge is 0.496 e. The van der Waals surface area contributed by atoms with Gasteiger partial charge in [0.2, 0.25) is 0 Å². The lowest BCUT2D eigenvalue weighted by molar-refractivity contribution is 0.413. The zero-order valence-corrected chi connectivity index (χ0v) is 26.6. The summed E-state index contributed by atoms with van der Waals surface area (Å²) < 4.78 is 11.5. The number of aliphatic imine (C=N–C) groups is 2. The third-order valence-corrected chi connectivity index (χ3v) is 9.01. The summed E-state index contributed by atoms with van der Waals surface area (Å²) in [5.74, 6) is 1.87. The summed E-state index contributed by atoms with van der Waals surface area (Å²) in [4.78, 5) is 9.54. The van der Waals surface area contributed by atoms with E-state index < -0.39 is 0 Å². The highest BCUT2D eigenvalue weighted by Gasteiger charge is 2.27. The molecule has 0 bridgehead atoms. The van der Waals surface area contributed by atoms with Gasteiger partial charge in [-0.1, -0.05) is 85.0 Å². The Labute approximate surface area is 279 Å². The number of ether oxygens (including phenoxy) is 2. The van der Waals surface area contributed by atoms with E-state index in [-0.39, 0.29) is 11.8 Å². The second-order valence-electron chi connectivity index (χ2n) is 11.9. The summed E-state index contributed by atoms with van der Waals surface area (Å²) in [5, 5.41) is 9.26. The van der Waals surface area contributed by atoms with Crippen LogP contribution in [0.15, 0.2) is 177 Å². The molecule has 0 saturated carbocycles. The van der Waals surface area contributed by atoms with E-state index in [0.29, 0.717) is 0 Å². The van der Waals surface area contributed by atoms with E-state index in [9.17, 15) is 0 Å². The van der Waals surface area contributed by atoms with Gasteiger partial charge >= 0.3 is 0 Å². The predicted octanol–water partition coefficient (Wildman–Crippen LogP) is 10.3. The molecule has 0 spiro atoms. The quantitative estimate of drug-likeness (QED) is 0.183. The SMILES string of the molecule is COc1ccc(-c2cccc(/N=N/c3cccc(-c4ccc(OC)c(C5=NC=C6C=CC=CC65)c4)c3)c2)cc1C1=NC=C2C=CC=CC21. The molecule has 2 atom stereocenters. The van der Waals surface area contributed by atoms with E-state index in [1.165, 1.54) is 11.1 Å². The normalized spacial score (nSPS) is 18.7. The number of fused-ring (bicyclic) bond motifs is 2. The summed E-state index contributed by atoms with van der Waals surface area (Å²) in [6, 6.07) is 28.7. The van der Waals surface area contributed by atoms with Gasteiger partial charge < -0.3 is 9.47 Å². The van der Waals surface area contributed by atoms with Crippen molar-refractivity contribution in [3.05, 3.63) is 168 Å². The van der Waals surface area contributed by atoms with Crippen molar-refractivity contribution in [2.24, 2.45) is 32.0 Å². The smallest absolute Gasteiger partial charge is 0.127 e. The Bertz CT molecular complexity index is 2070. The van der Waals surface area contributed by atoms with Gasteiger partial charge in [-0.25, -0.2) is 0 Å². The molecule has 6 nitrogen and oxygen atoms in total. The maximum Gasteiger partial charge on any atom is 0.127 e. The third kappa shape index (κ3) is 5.47. The minimum Gasteiger partial charge on any atom is -0.496 e. The van der Waals surface area contributed by atoms with E-state index in [2.05, 4.69) is 95.2 Å². The molecule has 2 aliphatic carbocycles. The van der Waals surface area contributed by atoms with Crippen molar-refractivity contribution in [3.63, 3.8) is 0 Å². The molecule has 8 rings (SSSR count). The summed E-state index contributed by atoms with van der Waals surface area (Å²) >= 11 is 0. The van der Waals surface area contributed by atoms with Crippen LogP contribution in [-0.2, 0) is 0 Å². The maximum atomic E-state index is 5.75. The van der Waals surface area contributed by atoms with Crippen molar-refractivity contribution in [1.29, 1.82) is 0 Å². The molecule has 4 aliphatic rings. The lowest BCUT2D eigenvalue weighted by Crippen LogP contribution is -2.14. The summed E-state index contributed by atoms with van der Waals surface area (Å²) in [7, 11) is 3.40. The number of hydrogen-bond acceptors (Lipinski definition) is 6. The van der Waals surface area contributed by atoms with Crippen molar-refractivity contribution in [3.8, 4) is 33.8 Å². The van der Waals surface area contributed by atoms with Gasteiger partial charge in [0, 0.05) is 35.4 Å². The number of methoxy groups -OCH3 is 2. The molecule has 4 aromatic carbocycles. The monoisotopic (exact) mass is 624 g/mol. The molecule has 2 unspecified atom stereocenters. The molecule has 0 aromatic heterocycles. The molecule has 4 aromatic rings. The first kappa shape index (κ1) is 29.3. The Kier molecular flexibility index (Phi) is 7.67. The number of hydrogen-bond donors (Lipinski definition) is 0. The van der Waals surface area contributed by atoms with Crippen molar-refractivity contribution in [2.75, 3.05) is 14.2 Å². The van der Waals surface area contributed by atoms with Crippen molar-refractivity contribution >= 4 is 22.8 Å². The second kappa shape index (κ2) is 12.6. The zero-order valence-electron chi connectivity index (χ0n) is 26.6. The van der Waals surface area contributed by atoms with E-state index in [4.69, 9.17) is 19.5 Å². The van der Waals surface area contributed by atoms with E-state index >= 15 is 0 Å². The van der Waals surface area contributed by atoms with Crippen LogP contribution in [0.3, 0.4) is 0 Å². The Morgan fingerprint density at radius 2 is 0.979 bits per heavy atom. The minimum absolute atomic E-state index is 0.132. The van der Waals surface area contributed by atoms with Crippen LogP contribution in [0.25, 0.3) is 22.3 Å². The predicted molar refractivity (Wildman–Crippen MR) is 194 cm³/mol. The fraction of sp³-hybridized carbons (Fsp3) is 0.0952. The number of nitrogens with zero attached hydrogens (tertiary/aromatic N) is 4. The lowest BCUT2D eigenvalue weighted by atomic mass is 9.87. The first-order valence-corrected chi connectivity index (χ1v) is 15.9. The van der Waals surface area contributed by atoms with Crippen LogP contribution >= 0.6 is 0 Å². The van der Waals surface area contributed by atoms with E-state index in [0.717, 1.165) is 67.7 Å². The van der Waals surface area contributed by atoms with Crippen molar-refractivity contribution in [2.45, 2.75) is 0 Å². The van der Waals surface area contributed by atoms with Gasteiger partial charge in [-0.2, -0.15) is 10.2 Å². The van der Waals surface area contributed by atoms with Gasteiger partial charge in [0.1, 0.15) is 11.5 Å². The first-order valence-electron chi connectivity index (χ1n) is 15.9. The summed E-state index contributed by atoms with van der Waals surface area (Å²) in [5.41, 5.74) is 12.0. The highest BCUT2D eigenvalue weighted by Crippen LogP contribution is 2.37. The number of allylic oxidation sites excluding steroid dienone is 10. The Balaban J connectivity index is 1.05. The molecule has 0 N–H and O–H groups in total. The molecular weight excluding hydrogens is 592 g/mol. The number of rotatable bonds is 8. The zero-order chi connectivity index (χ0) is 32.5. The lowest BCUT2D eigenvalue weighted by Gasteiger charge is -2.17. The van der Waals surface area contributed by atoms with Gasteiger partial charge in [0.05, 0.1) is 37.0 Å². The summed E-state index contributed by atoms with van der Waals surface area (Å²) in [6.45, 7) is 0. The fourth-order valence-corrected chi connectivity index (χ4v) is 6.57. The molecule has 0 saturated heterocycles. The summed E-state index contributed by atoms with van der Waals surface area (Å²) in [6.07, 6.45) is 20.7. The van der Waals surface area contributed by atoms with Crippen LogP contribution < -0.4 is 9.47 Å². The Hall–Kier alpha value is -6.14. The topological polar surface area (TPSA) is 67.9 Å². The van der Waals surface area contributed by atoms with Gasteiger partial charge in [-0.05, 0) is 81.9 Å². The first-order chi connectivity index (χ1) is 23.7. The highest BCUT2D eigenvalue weighted by atomic mass is 16.5. The molecule has 0 amide bonds. The van der Waals surface area contributed by atoms with Crippen LogP contribution in [0.5, 0.6) is 11.5 Å². The highest BCUT2D eigenvalue weighted by molar-refractivity contribution is 6.10. The molecule has 232 valence electrons. The Morgan fingerprint density at radius 3 is 1.44 bits per heavy atom. The van der Waals surface area contributed by atoms with Crippen LogP contribution in [0.4, 0.5) is 11.4 Å². The molecular formula is C42H32N4O2. The molecule has 0 radical (unpaired) electrons. The van der Waals surface area contributed by atoms with E-state index in [1.54, 1.807) is 14.2 Å². The van der Waals surface area contributed by atoms with Gasteiger partial charge in [-0.15, -0.1) is 0 Å². The van der Waals surface area contributed by atoms with Gasteiger partial charge in [-0.3, -0.25) is 9.98 Å². The van der Waals surface area contributed by atoms with Crippen LogP contribution in [0, 0.1) is 11.8 Å². The standard InChI is InChI=1S/C42H32N4O2/c1-47-39-19-17-29(23-37(39)41-35-15-5-3-9-31(35)25-43-41)27-11-7-13-33(21-27)45-46-34-14-8-12-28(22-34)30-18-20-40(48-2)38(24-30)42-36-16-6-4-10-32(36)26-44-42/h3-26,35-36H,1-2H3/b46-45+. The van der Waals surface area contributed by atoms with Crippen LogP contribution in [-0.4, -0.2) is 25.6 Å². The Morgan fingerprint density at radius 1 is 0.521 bits per heavy atom. The molecule has 48 heavy (non-hydrogen) atoms. The maximum absolute atomic E-state index is 5.75. The molecule has 2 heterocycles. The van der Waals surface area contributed by atoms with Gasteiger partial charge in [0.25, 0.3) is 0 Å². The second-order valence-corrected chi connectivity index (χ2v) is 11.9. The molecule has 6 heteroatoms. The van der Waals surface area contributed by atoms with Crippen LogP contribution in [0.1, 0.15) is 11.1 Å². The van der Waals surface area contributed by atoms with Crippen LogP contribution in [0.2, 0.25) is 0 Å². The van der Waals surface area contributed by atoms with Crippen molar-refractivity contribution in [1.82, 2.24) is 0 Å². The molecule has 0 fully saturated rings. The average Bonchev–Trinajstić information content (AvgIpc) is 3.79. The minimum atomic E-state index is 0.132. The van der Waals surface area contributed by atoms with E-state index in [1.807, 2.05) is 61.0 Å². The number of benzene rings is 4. The number of azo groups is 1. The third-order valence-electron chi connectivity index (χ3n) is 9.01. The average molecular weight is 625 g/mol. The van der Waals surface area contributed by atoms with Gasteiger partial charge in [0.15, 0.2) is 0 Å². The van der Waals surface area contributed by atoms with Crippen molar-refractivity contribution < 1.29 is 9.47 Å².